The van der Waals surface area contributed by atoms with E-state index in [4.69, 9.17) is 5.73 Å². The molecule has 5 heteroatoms. The molecule has 0 aromatic rings. The Morgan fingerprint density at radius 1 is 1.16 bits per heavy atom. The number of hydrogen-bond acceptors (Lipinski definition) is 4. The molecule has 0 aromatic heterocycles. The van der Waals surface area contributed by atoms with Gasteiger partial charge >= 0.3 is 0 Å². The highest BCUT2D eigenvalue weighted by Gasteiger charge is 2.14. The summed E-state index contributed by atoms with van der Waals surface area (Å²) in [5.74, 6) is 0.0763. The van der Waals surface area contributed by atoms with Crippen LogP contribution in [0.1, 0.15) is 51.4 Å². The fourth-order valence-corrected chi connectivity index (χ4v) is 1.94. The molecule has 0 saturated heterocycles. The molecule has 0 aliphatic heterocycles. The number of aldehydes is 1. The lowest BCUT2D eigenvalue weighted by molar-refractivity contribution is -0.123. The molecule has 1 unspecified atom stereocenters. The van der Waals surface area contributed by atoms with Crippen molar-refractivity contribution in [2.24, 2.45) is 5.73 Å². The summed E-state index contributed by atoms with van der Waals surface area (Å²) in [6.45, 7) is 1.40. The van der Waals surface area contributed by atoms with E-state index in [1.54, 1.807) is 0 Å². The predicted molar refractivity (Wildman–Crippen MR) is 77.9 cm³/mol. The number of unbranched alkanes of at least 4 members (excludes halogenated alkanes) is 5. The van der Waals surface area contributed by atoms with E-state index in [1.165, 1.54) is 0 Å². The van der Waals surface area contributed by atoms with Crippen LogP contribution in [0, 0.1) is 0 Å². The zero-order chi connectivity index (χ0) is 14.3. The standard InChI is InChI=1S/C14H29N3O2/c1-16-13(9-5-6-10-15)14(19)17-11-7-3-2-4-8-12-18/h12-13,16H,2-11,15H2,1H3,(H,17,19). The Morgan fingerprint density at radius 2 is 1.89 bits per heavy atom. The summed E-state index contributed by atoms with van der Waals surface area (Å²) in [5.41, 5.74) is 5.44. The van der Waals surface area contributed by atoms with Gasteiger partial charge in [-0.3, -0.25) is 4.79 Å². The summed E-state index contributed by atoms with van der Waals surface area (Å²) in [7, 11) is 1.81. The first-order valence-corrected chi connectivity index (χ1v) is 7.35. The largest absolute Gasteiger partial charge is 0.355 e. The van der Waals surface area contributed by atoms with Crippen molar-refractivity contribution in [1.82, 2.24) is 10.6 Å². The number of carbonyl (C=O) groups excluding carboxylic acids is 2. The molecule has 0 heterocycles. The smallest absolute Gasteiger partial charge is 0.237 e. The maximum absolute atomic E-state index is 11.9. The second-order valence-electron chi connectivity index (χ2n) is 4.79. The molecule has 4 N–H and O–H groups in total. The van der Waals surface area contributed by atoms with Gasteiger partial charge in [-0.15, -0.1) is 0 Å². The van der Waals surface area contributed by atoms with E-state index in [0.29, 0.717) is 13.0 Å². The van der Waals surface area contributed by atoms with E-state index in [0.717, 1.165) is 57.8 Å². The molecule has 0 rings (SSSR count). The first-order valence-electron chi connectivity index (χ1n) is 7.35. The van der Waals surface area contributed by atoms with E-state index >= 15 is 0 Å². The Labute approximate surface area is 116 Å². The molecule has 0 aliphatic carbocycles. The van der Waals surface area contributed by atoms with E-state index < -0.39 is 0 Å². The van der Waals surface area contributed by atoms with Crippen molar-refractivity contribution in [3.63, 3.8) is 0 Å². The van der Waals surface area contributed by atoms with Crippen molar-refractivity contribution in [2.75, 3.05) is 20.1 Å². The molecule has 0 saturated carbocycles. The fraction of sp³-hybridized carbons (Fsp3) is 0.857. The second-order valence-corrected chi connectivity index (χ2v) is 4.79. The van der Waals surface area contributed by atoms with Gasteiger partial charge in [-0.05, 0) is 39.3 Å². The number of nitrogens with one attached hydrogen (secondary N) is 2. The van der Waals surface area contributed by atoms with Crippen molar-refractivity contribution in [2.45, 2.75) is 57.4 Å². The van der Waals surface area contributed by atoms with Crippen LogP contribution in [0.2, 0.25) is 0 Å². The monoisotopic (exact) mass is 271 g/mol. The molecule has 112 valence electrons. The maximum Gasteiger partial charge on any atom is 0.237 e. The van der Waals surface area contributed by atoms with Crippen molar-refractivity contribution < 1.29 is 9.59 Å². The summed E-state index contributed by atoms with van der Waals surface area (Å²) in [4.78, 5) is 22.0. The molecule has 1 amide bonds. The van der Waals surface area contributed by atoms with Gasteiger partial charge in [0.05, 0.1) is 6.04 Å². The van der Waals surface area contributed by atoms with Gasteiger partial charge in [0.1, 0.15) is 6.29 Å². The lowest BCUT2D eigenvalue weighted by atomic mass is 10.1. The third kappa shape index (κ3) is 10.7. The highest BCUT2D eigenvalue weighted by Crippen LogP contribution is 2.02. The summed E-state index contributed by atoms with van der Waals surface area (Å²) in [6.07, 6.45) is 8.42. The number of carbonyl (C=O) groups is 2. The molecule has 0 radical (unpaired) electrons. The first-order chi connectivity index (χ1) is 9.26. The van der Waals surface area contributed by atoms with Crippen LogP contribution >= 0.6 is 0 Å². The van der Waals surface area contributed by atoms with Gasteiger partial charge in [0.25, 0.3) is 0 Å². The predicted octanol–water partition coefficient (Wildman–Crippen LogP) is 0.969. The molecule has 0 aliphatic rings. The highest BCUT2D eigenvalue weighted by molar-refractivity contribution is 5.81. The fourth-order valence-electron chi connectivity index (χ4n) is 1.94. The number of rotatable bonds is 13. The van der Waals surface area contributed by atoms with E-state index in [2.05, 4.69) is 10.6 Å². The molecule has 0 bridgehead atoms. The van der Waals surface area contributed by atoms with Crippen molar-refractivity contribution in [3.8, 4) is 0 Å². The average molecular weight is 271 g/mol. The Bertz CT molecular complexity index is 235. The van der Waals surface area contributed by atoms with Crippen LogP contribution in [0.15, 0.2) is 0 Å². The van der Waals surface area contributed by atoms with E-state index in [1.807, 2.05) is 7.05 Å². The first kappa shape index (κ1) is 18.1. The minimum absolute atomic E-state index is 0.0763. The van der Waals surface area contributed by atoms with E-state index in [9.17, 15) is 9.59 Å². The third-order valence-electron chi connectivity index (χ3n) is 3.16. The SMILES string of the molecule is CNC(CCCCN)C(=O)NCCCCCCC=O. The quantitative estimate of drug-likeness (QED) is 0.344. The lowest BCUT2D eigenvalue weighted by Crippen LogP contribution is -2.42. The van der Waals surface area contributed by atoms with Crippen LogP contribution in [-0.4, -0.2) is 38.4 Å². The minimum atomic E-state index is -0.110. The molecular formula is C14H29N3O2. The molecule has 0 aromatic carbocycles. The van der Waals surface area contributed by atoms with Crippen LogP contribution in [-0.2, 0) is 9.59 Å². The zero-order valence-electron chi connectivity index (χ0n) is 12.1. The Hall–Kier alpha value is -0.940. The van der Waals surface area contributed by atoms with Crippen molar-refractivity contribution >= 4 is 12.2 Å². The number of hydrogen-bond donors (Lipinski definition) is 3. The summed E-state index contributed by atoms with van der Waals surface area (Å²) < 4.78 is 0. The summed E-state index contributed by atoms with van der Waals surface area (Å²) in [5, 5.41) is 5.99. The maximum atomic E-state index is 11.9. The van der Waals surface area contributed by atoms with E-state index in [-0.39, 0.29) is 11.9 Å². The Morgan fingerprint density at radius 3 is 2.53 bits per heavy atom. The topological polar surface area (TPSA) is 84.2 Å². The Balaban J connectivity index is 3.55. The van der Waals surface area contributed by atoms with Crippen LogP contribution in [0.5, 0.6) is 0 Å². The lowest BCUT2D eigenvalue weighted by Gasteiger charge is -2.15. The van der Waals surface area contributed by atoms with Crippen molar-refractivity contribution in [1.29, 1.82) is 0 Å². The van der Waals surface area contributed by atoms with Gasteiger partial charge in [-0.1, -0.05) is 19.3 Å². The molecule has 0 fully saturated rings. The molecule has 19 heavy (non-hydrogen) atoms. The van der Waals surface area contributed by atoms with Crippen LogP contribution < -0.4 is 16.4 Å². The normalized spacial score (nSPS) is 12.1. The number of amides is 1. The zero-order valence-corrected chi connectivity index (χ0v) is 12.1. The molecular weight excluding hydrogens is 242 g/mol. The average Bonchev–Trinajstić information content (AvgIpc) is 2.42. The van der Waals surface area contributed by atoms with Gasteiger partial charge in [-0.2, -0.15) is 0 Å². The van der Waals surface area contributed by atoms with Gasteiger partial charge in [0.15, 0.2) is 0 Å². The van der Waals surface area contributed by atoms with Gasteiger partial charge in [-0.25, -0.2) is 0 Å². The van der Waals surface area contributed by atoms with Crippen LogP contribution in [0.3, 0.4) is 0 Å². The number of nitrogens with two attached hydrogens (primary N) is 1. The second kappa shape index (κ2) is 13.5. The molecule has 1 atom stereocenters. The van der Waals surface area contributed by atoms with Crippen LogP contribution in [0.25, 0.3) is 0 Å². The third-order valence-corrected chi connectivity index (χ3v) is 3.16. The van der Waals surface area contributed by atoms with Gasteiger partial charge in [0.2, 0.25) is 5.91 Å². The summed E-state index contributed by atoms with van der Waals surface area (Å²) >= 11 is 0. The highest BCUT2D eigenvalue weighted by atomic mass is 16.2. The van der Waals surface area contributed by atoms with Gasteiger partial charge < -0.3 is 21.2 Å². The van der Waals surface area contributed by atoms with Crippen molar-refractivity contribution in [3.05, 3.63) is 0 Å². The minimum Gasteiger partial charge on any atom is -0.355 e. The molecule has 0 spiro atoms. The van der Waals surface area contributed by atoms with Gasteiger partial charge in [0, 0.05) is 13.0 Å². The van der Waals surface area contributed by atoms with Crippen LogP contribution in [0.4, 0.5) is 0 Å². The summed E-state index contributed by atoms with van der Waals surface area (Å²) in [6, 6.07) is -0.110. The number of likely N-dealkylation sites (N-methyl/N-ethyl adjacent to an activating group) is 1. The molecule has 5 nitrogen and oxygen atoms in total. The Kier molecular flexibility index (Phi) is 12.8.